The summed E-state index contributed by atoms with van der Waals surface area (Å²) in [4.78, 5) is 42.5. The Morgan fingerprint density at radius 3 is 2.56 bits per heavy atom. The summed E-state index contributed by atoms with van der Waals surface area (Å²) in [5, 5.41) is 0.564. The van der Waals surface area contributed by atoms with Crippen molar-refractivity contribution in [1.82, 2.24) is 9.80 Å². The highest BCUT2D eigenvalue weighted by Gasteiger charge is 2.46. The summed E-state index contributed by atoms with van der Waals surface area (Å²) in [6.07, 6.45) is 1.73. The van der Waals surface area contributed by atoms with Crippen molar-refractivity contribution in [3.8, 4) is 5.75 Å². The fraction of sp³-hybridized carbons (Fsp3) is 0.444. The smallest absolute Gasteiger partial charge is 0.227 e. The van der Waals surface area contributed by atoms with Crippen LogP contribution in [-0.2, 0) is 9.59 Å². The van der Waals surface area contributed by atoms with Crippen LogP contribution in [0.4, 0.5) is 0 Å². The number of rotatable bonds is 3. The molecule has 2 saturated heterocycles. The van der Waals surface area contributed by atoms with E-state index in [1.165, 1.54) is 0 Å². The molecule has 6 nitrogen and oxygen atoms in total. The van der Waals surface area contributed by atoms with E-state index in [1.54, 1.807) is 6.07 Å². The molecule has 7 heteroatoms. The van der Waals surface area contributed by atoms with Crippen molar-refractivity contribution in [2.75, 3.05) is 19.6 Å². The first-order valence-electron chi connectivity index (χ1n) is 11.9. The van der Waals surface area contributed by atoms with Crippen LogP contribution in [0.2, 0.25) is 5.02 Å². The summed E-state index contributed by atoms with van der Waals surface area (Å²) >= 11 is 6.20. The third kappa shape index (κ3) is 4.09. The topological polar surface area (TPSA) is 66.9 Å². The highest BCUT2D eigenvalue weighted by molar-refractivity contribution is 6.31. The summed E-state index contributed by atoms with van der Waals surface area (Å²) in [5.41, 5.74) is 1.90. The standard InChI is InChI=1S/C27H29ClN2O4/c1-17-12-24-21(14-22(17)28)23(31)15-27(34-24)8-10-29(11-9-27)26(33)20-13-25(32)30(16-20)18(2)19-6-4-3-5-7-19/h3-7,12,14,18,20H,8-11,13,15-16H2,1-2H3. The van der Waals surface area contributed by atoms with E-state index in [1.807, 2.05) is 60.0 Å². The third-order valence-electron chi connectivity index (χ3n) is 7.61. The van der Waals surface area contributed by atoms with E-state index in [0.717, 1.165) is 11.1 Å². The fourth-order valence-corrected chi connectivity index (χ4v) is 5.63. The van der Waals surface area contributed by atoms with Crippen LogP contribution in [0, 0.1) is 12.8 Å². The Balaban J connectivity index is 1.23. The Morgan fingerprint density at radius 1 is 1.15 bits per heavy atom. The zero-order chi connectivity index (χ0) is 24.0. The normalized spacial score (nSPS) is 22.5. The molecule has 34 heavy (non-hydrogen) atoms. The first-order valence-corrected chi connectivity index (χ1v) is 12.3. The number of halogens is 1. The number of carbonyl (C=O) groups excluding carboxylic acids is 3. The van der Waals surface area contributed by atoms with Gasteiger partial charge in [-0.3, -0.25) is 14.4 Å². The summed E-state index contributed by atoms with van der Waals surface area (Å²) in [6.45, 7) is 5.39. The van der Waals surface area contributed by atoms with Gasteiger partial charge < -0.3 is 14.5 Å². The van der Waals surface area contributed by atoms with Crippen molar-refractivity contribution >= 4 is 29.2 Å². The highest BCUT2D eigenvalue weighted by atomic mass is 35.5. The molecule has 1 spiro atoms. The van der Waals surface area contributed by atoms with Crippen LogP contribution in [0.3, 0.4) is 0 Å². The molecule has 0 radical (unpaired) electrons. The van der Waals surface area contributed by atoms with Gasteiger partial charge in [-0.15, -0.1) is 0 Å². The summed E-state index contributed by atoms with van der Waals surface area (Å²) in [6, 6.07) is 13.4. The molecule has 2 unspecified atom stereocenters. The van der Waals surface area contributed by atoms with Gasteiger partial charge in [0.25, 0.3) is 0 Å². The highest BCUT2D eigenvalue weighted by Crippen LogP contribution is 2.41. The molecule has 2 atom stereocenters. The van der Waals surface area contributed by atoms with Gasteiger partial charge in [-0.05, 0) is 37.1 Å². The van der Waals surface area contributed by atoms with Crippen LogP contribution in [0.1, 0.15) is 60.1 Å². The zero-order valence-electron chi connectivity index (χ0n) is 19.6. The second kappa shape index (κ2) is 8.73. The average Bonchev–Trinajstić information content (AvgIpc) is 3.22. The largest absolute Gasteiger partial charge is 0.486 e. The van der Waals surface area contributed by atoms with Gasteiger partial charge >= 0.3 is 0 Å². The minimum atomic E-state index is -0.583. The Bertz CT molecular complexity index is 1140. The maximum atomic E-state index is 13.3. The number of amides is 2. The number of aryl methyl sites for hydroxylation is 1. The van der Waals surface area contributed by atoms with Crippen molar-refractivity contribution < 1.29 is 19.1 Å². The van der Waals surface area contributed by atoms with Gasteiger partial charge in [-0.1, -0.05) is 41.9 Å². The van der Waals surface area contributed by atoms with Crippen LogP contribution in [0.5, 0.6) is 5.75 Å². The van der Waals surface area contributed by atoms with Crippen LogP contribution in [0.15, 0.2) is 42.5 Å². The lowest BCUT2D eigenvalue weighted by Crippen LogP contribution is -2.53. The van der Waals surface area contributed by atoms with Crippen LogP contribution in [-0.4, -0.2) is 52.6 Å². The van der Waals surface area contributed by atoms with Crippen molar-refractivity contribution in [3.05, 3.63) is 64.2 Å². The predicted molar refractivity (Wildman–Crippen MR) is 129 cm³/mol. The summed E-state index contributed by atoms with van der Waals surface area (Å²) < 4.78 is 6.35. The van der Waals surface area contributed by atoms with E-state index in [4.69, 9.17) is 16.3 Å². The molecular weight excluding hydrogens is 452 g/mol. The molecule has 3 aliphatic rings. The number of fused-ring (bicyclic) bond motifs is 1. The SMILES string of the molecule is Cc1cc2c(cc1Cl)C(=O)CC1(CCN(C(=O)C3CC(=O)N(C(C)c4ccccc4)C3)CC1)O2. The number of carbonyl (C=O) groups is 3. The number of nitrogens with zero attached hydrogens (tertiary/aromatic N) is 2. The van der Waals surface area contributed by atoms with Crippen LogP contribution >= 0.6 is 11.6 Å². The Hall–Kier alpha value is -2.86. The number of Topliss-reactive ketones (excluding diaryl/α,β-unsaturated/α-hetero) is 1. The van der Waals surface area contributed by atoms with E-state index in [0.29, 0.717) is 55.2 Å². The molecule has 3 aliphatic heterocycles. The lowest BCUT2D eigenvalue weighted by molar-refractivity contribution is -0.139. The molecule has 2 amide bonds. The van der Waals surface area contributed by atoms with Gasteiger partial charge in [0, 0.05) is 43.9 Å². The Kier molecular flexibility index (Phi) is 5.88. The molecule has 178 valence electrons. The second-order valence-corrected chi connectivity index (χ2v) is 10.2. The van der Waals surface area contributed by atoms with Crippen molar-refractivity contribution in [2.45, 2.75) is 51.2 Å². The zero-order valence-corrected chi connectivity index (χ0v) is 20.3. The minimum Gasteiger partial charge on any atom is -0.486 e. The Labute approximate surface area is 204 Å². The second-order valence-electron chi connectivity index (χ2n) is 9.84. The number of ether oxygens (including phenoxy) is 1. The van der Waals surface area contributed by atoms with Gasteiger partial charge in [0.2, 0.25) is 11.8 Å². The molecule has 2 aromatic rings. The minimum absolute atomic E-state index is 0.0232. The van der Waals surface area contributed by atoms with Crippen molar-refractivity contribution in [1.29, 1.82) is 0 Å². The molecule has 2 fully saturated rings. The molecular formula is C27H29ClN2O4. The van der Waals surface area contributed by atoms with Gasteiger partial charge in [-0.25, -0.2) is 0 Å². The van der Waals surface area contributed by atoms with Gasteiger partial charge in [0.1, 0.15) is 11.4 Å². The van der Waals surface area contributed by atoms with E-state index in [2.05, 4.69) is 0 Å². The molecule has 0 aliphatic carbocycles. The third-order valence-corrected chi connectivity index (χ3v) is 8.02. The number of benzene rings is 2. The number of hydrogen-bond donors (Lipinski definition) is 0. The maximum absolute atomic E-state index is 13.3. The number of likely N-dealkylation sites (tertiary alicyclic amines) is 2. The monoisotopic (exact) mass is 480 g/mol. The van der Waals surface area contributed by atoms with E-state index in [9.17, 15) is 14.4 Å². The first kappa shape index (κ1) is 22.9. The number of ketones is 1. The predicted octanol–water partition coefficient (Wildman–Crippen LogP) is 4.58. The fourth-order valence-electron chi connectivity index (χ4n) is 5.47. The van der Waals surface area contributed by atoms with Crippen LogP contribution in [0.25, 0.3) is 0 Å². The van der Waals surface area contributed by atoms with E-state index in [-0.39, 0.29) is 36.0 Å². The lowest BCUT2D eigenvalue weighted by atomic mass is 9.82. The molecule has 3 heterocycles. The maximum Gasteiger partial charge on any atom is 0.227 e. The summed E-state index contributed by atoms with van der Waals surface area (Å²) in [7, 11) is 0. The van der Waals surface area contributed by atoms with Gasteiger partial charge in [0.15, 0.2) is 5.78 Å². The average molecular weight is 481 g/mol. The first-order chi connectivity index (χ1) is 16.3. The van der Waals surface area contributed by atoms with Crippen LogP contribution < -0.4 is 4.74 Å². The molecule has 0 aromatic heterocycles. The summed E-state index contributed by atoms with van der Waals surface area (Å²) in [5.74, 6) is 0.345. The quantitative estimate of drug-likeness (QED) is 0.644. The van der Waals surface area contributed by atoms with Crippen molar-refractivity contribution in [2.24, 2.45) is 5.92 Å². The number of piperidine rings is 1. The molecule has 0 bridgehead atoms. The Morgan fingerprint density at radius 2 is 1.85 bits per heavy atom. The lowest BCUT2D eigenvalue weighted by Gasteiger charge is -2.44. The van der Waals surface area contributed by atoms with Gasteiger partial charge in [-0.2, -0.15) is 0 Å². The van der Waals surface area contributed by atoms with Crippen molar-refractivity contribution in [3.63, 3.8) is 0 Å². The molecule has 5 rings (SSSR count). The molecule has 2 aromatic carbocycles. The molecule has 0 N–H and O–H groups in total. The number of hydrogen-bond acceptors (Lipinski definition) is 4. The van der Waals surface area contributed by atoms with Gasteiger partial charge in [0.05, 0.1) is 23.9 Å². The molecule has 0 saturated carbocycles. The van der Waals surface area contributed by atoms with E-state index < -0.39 is 5.60 Å². The van der Waals surface area contributed by atoms with E-state index >= 15 is 0 Å².